The van der Waals surface area contributed by atoms with Crippen LogP contribution in [0.5, 0.6) is 0 Å². The van der Waals surface area contributed by atoms with E-state index in [1.807, 2.05) is 24.3 Å². The van der Waals surface area contributed by atoms with Gasteiger partial charge in [0, 0.05) is 6.42 Å². The molecule has 1 saturated heterocycles. The molecule has 0 radical (unpaired) electrons. The molecule has 23 heavy (non-hydrogen) atoms. The van der Waals surface area contributed by atoms with E-state index in [4.69, 9.17) is 9.47 Å². The van der Waals surface area contributed by atoms with Crippen molar-refractivity contribution in [1.82, 2.24) is 5.32 Å². The van der Waals surface area contributed by atoms with Crippen LogP contribution < -0.4 is 5.32 Å². The predicted octanol–water partition coefficient (Wildman–Crippen LogP) is 2.36. The van der Waals surface area contributed by atoms with Gasteiger partial charge < -0.3 is 14.8 Å². The molecule has 0 bridgehead atoms. The zero-order valence-electron chi connectivity index (χ0n) is 12.7. The van der Waals surface area contributed by atoms with E-state index in [1.165, 1.54) is 0 Å². The van der Waals surface area contributed by atoms with Crippen LogP contribution in [0.2, 0.25) is 0 Å². The molecule has 1 aliphatic heterocycles. The Bertz CT molecular complexity index is 611. The van der Waals surface area contributed by atoms with Crippen molar-refractivity contribution in [3.63, 3.8) is 0 Å². The summed E-state index contributed by atoms with van der Waals surface area (Å²) in [6.45, 7) is 2.19. The fourth-order valence-corrected chi connectivity index (χ4v) is 3.42. The number of hydrogen-bond donors (Lipinski definition) is 1. The van der Waals surface area contributed by atoms with Crippen molar-refractivity contribution in [3.8, 4) is 0 Å². The molecule has 126 valence electrons. The molecular weight excluding hydrogens is 311 g/mol. The minimum atomic E-state index is -4.95. The van der Waals surface area contributed by atoms with E-state index in [2.05, 4.69) is 5.32 Å². The molecule has 2 aliphatic rings. The highest BCUT2D eigenvalue weighted by Crippen LogP contribution is 2.41. The lowest BCUT2D eigenvalue weighted by Gasteiger charge is -2.48. The lowest BCUT2D eigenvalue weighted by atomic mass is 9.73. The Balaban J connectivity index is 1.97. The molecule has 1 atom stereocenters. The van der Waals surface area contributed by atoms with Crippen LogP contribution in [0, 0.1) is 0 Å². The monoisotopic (exact) mass is 329 g/mol. The van der Waals surface area contributed by atoms with Gasteiger partial charge in [0.1, 0.15) is 0 Å². The van der Waals surface area contributed by atoms with E-state index < -0.39 is 23.4 Å². The molecule has 4 nitrogen and oxygen atoms in total. The normalized spacial score (nSPS) is 26.6. The molecule has 0 aromatic heterocycles. The Labute approximate surface area is 132 Å². The van der Waals surface area contributed by atoms with Crippen molar-refractivity contribution in [2.75, 3.05) is 13.2 Å². The van der Waals surface area contributed by atoms with Gasteiger partial charge in [-0.1, -0.05) is 24.3 Å². The summed E-state index contributed by atoms with van der Waals surface area (Å²) in [5, 5.41) is 2.18. The second kappa shape index (κ2) is 5.49. The molecule has 1 heterocycles. The molecule has 1 aromatic rings. The Morgan fingerprint density at radius 3 is 2.39 bits per heavy atom. The van der Waals surface area contributed by atoms with Crippen molar-refractivity contribution in [3.05, 3.63) is 35.4 Å². The summed E-state index contributed by atoms with van der Waals surface area (Å²) in [5.41, 5.74) is 0.734. The molecule has 3 rings (SSSR count). The summed E-state index contributed by atoms with van der Waals surface area (Å²) in [6, 6.07) is 7.54. The van der Waals surface area contributed by atoms with Crippen LogP contribution in [-0.4, -0.2) is 36.6 Å². The van der Waals surface area contributed by atoms with Gasteiger partial charge in [-0.3, -0.25) is 4.79 Å². The lowest BCUT2D eigenvalue weighted by Crippen LogP contribution is -2.67. The van der Waals surface area contributed by atoms with E-state index >= 15 is 0 Å². The lowest BCUT2D eigenvalue weighted by molar-refractivity contribution is -0.214. The fraction of sp³-hybridized carbons (Fsp3) is 0.562. The topological polar surface area (TPSA) is 47.6 Å². The maximum atomic E-state index is 12.8. The fourth-order valence-electron chi connectivity index (χ4n) is 3.42. The minimum absolute atomic E-state index is 0.238. The molecule has 0 spiro atoms. The highest BCUT2D eigenvalue weighted by Gasteiger charge is 2.57. The number of nitrogens with one attached hydrogen (secondary N) is 1. The number of amides is 1. The largest absolute Gasteiger partial charge is 0.471 e. The number of fused-ring (bicyclic) bond motifs is 1. The highest BCUT2D eigenvalue weighted by molar-refractivity contribution is 5.82. The van der Waals surface area contributed by atoms with Crippen LogP contribution >= 0.6 is 0 Å². The maximum Gasteiger partial charge on any atom is 0.471 e. The van der Waals surface area contributed by atoms with Gasteiger partial charge in [-0.2, -0.15) is 13.2 Å². The molecule has 1 aliphatic carbocycles. The second-order valence-corrected chi connectivity index (χ2v) is 6.12. The van der Waals surface area contributed by atoms with Crippen LogP contribution in [0.3, 0.4) is 0 Å². The molecular formula is C16H18F3NO3. The summed E-state index contributed by atoms with van der Waals surface area (Å²) in [5.74, 6) is -3.24. The van der Waals surface area contributed by atoms with E-state index in [0.29, 0.717) is 26.1 Å². The first-order valence-electron chi connectivity index (χ1n) is 7.50. The number of benzene rings is 1. The SMILES string of the molecule is CC1(C2(NC(=O)C(F)(F)F)CCc3ccccc3C2)OCCO1. The first-order valence-corrected chi connectivity index (χ1v) is 7.50. The number of rotatable bonds is 2. The van der Waals surface area contributed by atoms with Gasteiger partial charge in [0.15, 0.2) is 5.79 Å². The van der Waals surface area contributed by atoms with E-state index in [1.54, 1.807) is 6.92 Å². The van der Waals surface area contributed by atoms with Crippen LogP contribution in [0.4, 0.5) is 13.2 Å². The standard InChI is InChI=1S/C16H18F3NO3/c1-14(22-8-9-23-14)15(20-13(21)16(17,18)19)7-6-11-4-2-3-5-12(11)10-15/h2-5H,6-10H2,1H3,(H,20,21). The van der Waals surface area contributed by atoms with E-state index in [9.17, 15) is 18.0 Å². The van der Waals surface area contributed by atoms with Crippen molar-refractivity contribution in [2.45, 2.75) is 43.7 Å². The first-order chi connectivity index (χ1) is 10.8. The Morgan fingerprint density at radius 1 is 1.17 bits per heavy atom. The van der Waals surface area contributed by atoms with Gasteiger partial charge in [-0.25, -0.2) is 0 Å². The number of carbonyl (C=O) groups excluding carboxylic acids is 1. The van der Waals surface area contributed by atoms with Gasteiger partial charge in [-0.05, 0) is 30.9 Å². The zero-order valence-corrected chi connectivity index (χ0v) is 12.7. The predicted molar refractivity (Wildman–Crippen MR) is 75.7 cm³/mol. The zero-order chi connectivity index (χ0) is 16.7. The van der Waals surface area contributed by atoms with E-state index in [-0.39, 0.29) is 6.42 Å². The van der Waals surface area contributed by atoms with Crippen LogP contribution in [0.25, 0.3) is 0 Å². The third-order valence-corrected chi connectivity index (χ3v) is 4.75. The van der Waals surface area contributed by atoms with Gasteiger partial charge in [0.2, 0.25) is 0 Å². The van der Waals surface area contributed by atoms with Gasteiger partial charge in [-0.15, -0.1) is 0 Å². The minimum Gasteiger partial charge on any atom is -0.346 e. The Morgan fingerprint density at radius 2 is 1.78 bits per heavy atom. The number of carbonyl (C=O) groups is 1. The molecule has 1 amide bonds. The third-order valence-electron chi connectivity index (χ3n) is 4.75. The number of aryl methyl sites for hydroxylation is 1. The van der Waals surface area contributed by atoms with Gasteiger partial charge in [0.05, 0.1) is 18.8 Å². The summed E-state index contributed by atoms with van der Waals surface area (Å²) < 4.78 is 49.6. The average Bonchev–Trinajstić information content (AvgIpc) is 2.94. The number of halogens is 3. The van der Waals surface area contributed by atoms with Crippen molar-refractivity contribution >= 4 is 5.91 Å². The number of hydrogen-bond acceptors (Lipinski definition) is 3. The summed E-state index contributed by atoms with van der Waals surface area (Å²) in [6.07, 6.45) is -3.83. The quantitative estimate of drug-likeness (QED) is 0.906. The van der Waals surface area contributed by atoms with Crippen molar-refractivity contribution < 1.29 is 27.4 Å². The van der Waals surface area contributed by atoms with Crippen LogP contribution in [-0.2, 0) is 27.1 Å². The average molecular weight is 329 g/mol. The Hall–Kier alpha value is -1.60. The van der Waals surface area contributed by atoms with Gasteiger partial charge in [0.25, 0.3) is 0 Å². The molecule has 7 heteroatoms. The van der Waals surface area contributed by atoms with Crippen molar-refractivity contribution in [1.29, 1.82) is 0 Å². The first kappa shape index (κ1) is 16.3. The molecule has 1 fully saturated rings. The Kier molecular flexibility index (Phi) is 3.88. The summed E-state index contributed by atoms with van der Waals surface area (Å²) in [4.78, 5) is 11.6. The second-order valence-electron chi connectivity index (χ2n) is 6.12. The smallest absolute Gasteiger partial charge is 0.346 e. The number of alkyl halides is 3. The molecule has 1 aromatic carbocycles. The highest BCUT2D eigenvalue weighted by atomic mass is 19.4. The van der Waals surface area contributed by atoms with Gasteiger partial charge >= 0.3 is 12.1 Å². The van der Waals surface area contributed by atoms with Crippen LogP contribution in [0.15, 0.2) is 24.3 Å². The van der Waals surface area contributed by atoms with Crippen LogP contribution in [0.1, 0.15) is 24.5 Å². The van der Waals surface area contributed by atoms with E-state index in [0.717, 1.165) is 11.1 Å². The molecule has 0 saturated carbocycles. The number of ether oxygens (including phenoxy) is 2. The summed E-state index contributed by atoms with van der Waals surface area (Å²) >= 11 is 0. The molecule has 1 N–H and O–H groups in total. The summed E-state index contributed by atoms with van der Waals surface area (Å²) in [7, 11) is 0. The molecule has 1 unspecified atom stereocenters. The maximum absolute atomic E-state index is 12.8. The van der Waals surface area contributed by atoms with Crippen molar-refractivity contribution in [2.24, 2.45) is 0 Å². The third kappa shape index (κ3) is 2.83.